The van der Waals surface area contributed by atoms with E-state index < -0.39 is 5.97 Å². The van der Waals surface area contributed by atoms with Gasteiger partial charge in [0.1, 0.15) is 5.56 Å². The van der Waals surface area contributed by atoms with Crippen LogP contribution in [0.1, 0.15) is 27.0 Å². The van der Waals surface area contributed by atoms with E-state index in [1.165, 1.54) is 11.3 Å². The van der Waals surface area contributed by atoms with Crippen LogP contribution in [0.4, 0.5) is 10.5 Å². The minimum Gasteiger partial charge on any atom is -0.478 e. The number of amides is 2. The number of hydrogen-bond acceptors (Lipinski definition) is 3. The van der Waals surface area contributed by atoms with E-state index in [0.717, 1.165) is 22.3 Å². The van der Waals surface area contributed by atoms with E-state index in [-0.39, 0.29) is 11.6 Å². The summed E-state index contributed by atoms with van der Waals surface area (Å²) in [6.45, 7) is 3.04. The highest BCUT2D eigenvalue weighted by Gasteiger charge is 2.26. The molecule has 0 bridgehead atoms. The zero-order valence-corrected chi connectivity index (χ0v) is 16.6. The summed E-state index contributed by atoms with van der Waals surface area (Å²) >= 11 is 7.20. The number of carbonyl (C=O) groups is 2. The van der Waals surface area contributed by atoms with Crippen molar-refractivity contribution in [2.75, 3.05) is 5.32 Å². The Bertz CT molecular complexity index is 1080. The van der Waals surface area contributed by atoms with Crippen LogP contribution in [-0.2, 0) is 13.1 Å². The van der Waals surface area contributed by atoms with Crippen LogP contribution >= 0.6 is 22.9 Å². The van der Waals surface area contributed by atoms with Crippen molar-refractivity contribution in [3.63, 3.8) is 0 Å². The number of nitrogens with zero attached hydrogens (tertiary/aromatic N) is 1. The maximum Gasteiger partial charge on any atom is 0.339 e. The first-order valence-corrected chi connectivity index (χ1v) is 9.93. The molecule has 142 valence electrons. The van der Waals surface area contributed by atoms with Crippen LogP contribution in [0, 0.1) is 6.92 Å². The molecule has 0 atom stereocenters. The smallest absolute Gasteiger partial charge is 0.339 e. The van der Waals surface area contributed by atoms with Crippen LogP contribution in [0.15, 0.2) is 47.8 Å². The summed E-state index contributed by atoms with van der Waals surface area (Å²) in [5.41, 5.74) is 4.54. The maximum atomic E-state index is 12.7. The summed E-state index contributed by atoms with van der Waals surface area (Å²) < 4.78 is 0. The monoisotopic (exact) mass is 412 g/mol. The van der Waals surface area contributed by atoms with Gasteiger partial charge in [0.2, 0.25) is 0 Å². The van der Waals surface area contributed by atoms with Gasteiger partial charge in [-0.3, -0.25) is 0 Å². The van der Waals surface area contributed by atoms with E-state index in [1.807, 2.05) is 19.1 Å². The van der Waals surface area contributed by atoms with Crippen molar-refractivity contribution >= 4 is 40.6 Å². The van der Waals surface area contributed by atoms with Crippen molar-refractivity contribution in [2.45, 2.75) is 20.0 Å². The molecule has 2 aromatic carbocycles. The number of aryl methyl sites for hydroxylation is 1. The minimum absolute atomic E-state index is 0.0910. The van der Waals surface area contributed by atoms with E-state index in [0.29, 0.717) is 28.7 Å². The Morgan fingerprint density at radius 1 is 1.11 bits per heavy atom. The molecule has 4 rings (SSSR count). The molecule has 2 heterocycles. The normalized spacial score (nSPS) is 12.7. The van der Waals surface area contributed by atoms with Gasteiger partial charge in [-0.25, -0.2) is 9.59 Å². The fourth-order valence-corrected chi connectivity index (χ4v) is 4.46. The number of aromatic carboxylic acids is 1. The van der Waals surface area contributed by atoms with Gasteiger partial charge in [-0.15, -0.1) is 11.3 Å². The zero-order valence-electron chi connectivity index (χ0n) is 15.0. The molecule has 0 spiro atoms. The third kappa shape index (κ3) is 3.48. The molecule has 2 N–H and O–H groups in total. The number of anilines is 1. The van der Waals surface area contributed by atoms with Gasteiger partial charge < -0.3 is 15.3 Å². The van der Waals surface area contributed by atoms with E-state index >= 15 is 0 Å². The largest absolute Gasteiger partial charge is 0.478 e. The number of carboxylic acid groups (broad SMARTS) is 1. The average molecular weight is 413 g/mol. The fraction of sp³-hybridized carbons (Fsp3) is 0.143. The highest BCUT2D eigenvalue weighted by Crippen LogP contribution is 2.37. The van der Waals surface area contributed by atoms with Gasteiger partial charge in [-0.1, -0.05) is 47.5 Å². The van der Waals surface area contributed by atoms with Gasteiger partial charge in [0.15, 0.2) is 0 Å². The van der Waals surface area contributed by atoms with Gasteiger partial charge in [0, 0.05) is 23.5 Å². The summed E-state index contributed by atoms with van der Waals surface area (Å²) in [6, 6.07) is 12.8. The molecule has 0 aliphatic carbocycles. The Morgan fingerprint density at radius 2 is 1.82 bits per heavy atom. The number of urea groups is 1. The first kappa shape index (κ1) is 18.5. The molecule has 1 aromatic heterocycles. The van der Waals surface area contributed by atoms with E-state index in [4.69, 9.17) is 11.6 Å². The molecule has 0 radical (unpaired) electrons. The first-order chi connectivity index (χ1) is 13.4. The Kier molecular flexibility index (Phi) is 4.83. The van der Waals surface area contributed by atoms with Gasteiger partial charge in [0.05, 0.1) is 10.6 Å². The average Bonchev–Trinajstić information content (AvgIpc) is 3.26. The Labute approximate surface area is 171 Å². The quantitative estimate of drug-likeness (QED) is 0.586. The number of thiophene rings is 1. The van der Waals surface area contributed by atoms with Crippen molar-refractivity contribution in [3.8, 4) is 10.4 Å². The van der Waals surface area contributed by atoms with E-state index in [2.05, 4.69) is 11.4 Å². The van der Waals surface area contributed by atoms with Gasteiger partial charge >= 0.3 is 12.0 Å². The molecule has 0 saturated heterocycles. The summed E-state index contributed by atoms with van der Waals surface area (Å²) in [4.78, 5) is 26.9. The van der Waals surface area contributed by atoms with Gasteiger partial charge in [-0.2, -0.15) is 0 Å². The topological polar surface area (TPSA) is 69.6 Å². The van der Waals surface area contributed by atoms with Crippen molar-refractivity contribution in [1.82, 2.24) is 4.90 Å². The molecule has 2 amide bonds. The second-order valence-electron chi connectivity index (χ2n) is 6.72. The lowest BCUT2D eigenvalue weighted by Gasteiger charge is -2.16. The zero-order chi connectivity index (χ0) is 19.8. The molecular weight excluding hydrogens is 396 g/mol. The van der Waals surface area contributed by atoms with Crippen LogP contribution in [0.25, 0.3) is 10.4 Å². The van der Waals surface area contributed by atoms with E-state index in [9.17, 15) is 14.7 Å². The molecule has 7 heteroatoms. The number of carboxylic acids is 1. The second-order valence-corrected chi connectivity index (χ2v) is 8.04. The number of rotatable bonds is 3. The number of hydrogen-bond donors (Lipinski definition) is 2. The van der Waals surface area contributed by atoms with Gasteiger partial charge in [0.25, 0.3) is 0 Å². The Morgan fingerprint density at radius 3 is 2.54 bits per heavy atom. The molecular formula is C21H17ClN2O3S. The van der Waals surface area contributed by atoms with Crippen LogP contribution in [0.3, 0.4) is 0 Å². The summed E-state index contributed by atoms with van der Waals surface area (Å²) in [5, 5.41) is 14.7. The van der Waals surface area contributed by atoms with Crippen molar-refractivity contribution < 1.29 is 14.7 Å². The van der Waals surface area contributed by atoms with Crippen LogP contribution in [0.5, 0.6) is 0 Å². The molecule has 3 aromatic rings. The lowest BCUT2D eigenvalue weighted by atomic mass is 10.1. The molecule has 1 aliphatic heterocycles. The number of fused-ring (bicyclic) bond motifs is 1. The van der Waals surface area contributed by atoms with Gasteiger partial charge in [-0.05, 0) is 35.7 Å². The second kappa shape index (κ2) is 7.30. The highest BCUT2D eigenvalue weighted by atomic mass is 35.5. The first-order valence-electron chi connectivity index (χ1n) is 8.67. The van der Waals surface area contributed by atoms with Crippen LogP contribution in [-0.4, -0.2) is 22.0 Å². The summed E-state index contributed by atoms with van der Waals surface area (Å²) in [6.07, 6.45) is 0. The number of carbonyl (C=O) groups excluding carboxylic acids is 1. The highest BCUT2D eigenvalue weighted by molar-refractivity contribution is 7.14. The predicted molar refractivity (Wildman–Crippen MR) is 111 cm³/mol. The fourth-order valence-electron chi connectivity index (χ4n) is 3.34. The molecule has 1 aliphatic rings. The third-order valence-electron chi connectivity index (χ3n) is 4.72. The van der Waals surface area contributed by atoms with E-state index in [1.54, 1.807) is 34.5 Å². The van der Waals surface area contributed by atoms with Crippen molar-refractivity contribution in [2.24, 2.45) is 0 Å². The Balaban J connectivity index is 1.58. The van der Waals surface area contributed by atoms with Crippen LogP contribution < -0.4 is 5.32 Å². The SMILES string of the molecule is Cc1ccc2c(c1)CN(C(=O)Nc1csc(-c3ccc(Cl)cc3)c1C(=O)O)C2. The predicted octanol–water partition coefficient (Wildman–Crippen LogP) is 5.62. The Hall–Kier alpha value is -2.83. The molecule has 0 fully saturated rings. The lowest BCUT2D eigenvalue weighted by molar-refractivity contribution is 0.0699. The summed E-state index contributed by atoms with van der Waals surface area (Å²) in [7, 11) is 0. The number of benzene rings is 2. The van der Waals surface area contributed by atoms with Crippen LogP contribution in [0.2, 0.25) is 5.02 Å². The molecule has 5 nitrogen and oxygen atoms in total. The molecule has 0 saturated carbocycles. The molecule has 0 unspecified atom stereocenters. The summed E-state index contributed by atoms with van der Waals surface area (Å²) in [5.74, 6) is -1.08. The standard InChI is InChI=1S/C21H17ClN2O3S/c1-12-2-3-14-9-24(10-15(14)8-12)21(27)23-17-11-28-19(18(17)20(25)26)13-4-6-16(22)7-5-13/h2-8,11H,9-10H2,1H3,(H,23,27)(H,25,26). The maximum absolute atomic E-state index is 12.7. The third-order valence-corrected chi connectivity index (χ3v) is 6.01. The minimum atomic E-state index is -1.08. The number of nitrogens with one attached hydrogen (secondary N) is 1. The lowest BCUT2D eigenvalue weighted by Crippen LogP contribution is -2.30. The number of halogens is 1. The van der Waals surface area contributed by atoms with Crippen molar-refractivity contribution in [1.29, 1.82) is 0 Å². The molecule has 28 heavy (non-hydrogen) atoms. The van der Waals surface area contributed by atoms with Crippen molar-refractivity contribution in [3.05, 3.63) is 75.1 Å².